The maximum Gasteiger partial charge on any atom is 0.191 e. The van der Waals surface area contributed by atoms with Crippen molar-refractivity contribution in [2.45, 2.75) is 38.8 Å². The number of nitrogens with one attached hydrogen (secondary N) is 2. The van der Waals surface area contributed by atoms with Crippen molar-refractivity contribution in [1.82, 2.24) is 15.5 Å². The molecule has 2 aliphatic rings. The van der Waals surface area contributed by atoms with Gasteiger partial charge in [0.25, 0.3) is 0 Å². The summed E-state index contributed by atoms with van der Waals surface area (Å²) >= 11 is 0. The minimum atomic E-state index is 0. The molecule has 0 bridgehead atoms. The van der Waals surface area contributed by atoms with Crippen molar-refractivity contribution in [1.29, 1.82) is 0 Å². The molecule has 0 atom stereocenters. The number of rotatable bonds is 7. The van der Waals surface area contributed by atoms with Crippen molar-refractivity contribution >= 4 is 29.9 Å². The molecular weight excluding hydrogens is 487 g/mol. The molecule has 0 unspecified atom stereocenters. The predicted octanol–water partition coefficient (Wildman–Crippen LogP) is 3.74. The molecule has 1 fully saturated rings. The van der Waals surface area contributed by atoms with Gasteiger partial charge in [0.1, 0.15) is 5.75 Å². The zero-order chi connectivity index (χ0) is 19.9. The second-order valence-electron chi connectivity index (χ2n) is 7.94. The summed E-state index contributed by atoms with van der Waals surface area (Å²) in [4.78, 5) is 6.88. The Labute approximate surface area is 197 Å². The van der Waals surface area contributed by atoms with Gasteiger partial charge < -0.3 is 15.4 Å². The first-order chi connectivity index (χ1) is 14.3. The number of ether oxygens (including phenoxy) is 1. The van der Waals surface area contributed by atoms with Crippen molar-refractivity contribution in [2.75, 3.05) is 33.3 Å². The molecule has 0 aliphatic carbocycles. The molecule has 2 aromatic rings. The lowest BCUT2D eigenvalue weighted by molar-refractivity contribution is 0.331. The van der Waals surface area contributed by atoms with Crippen LogP contribution in [-0.4, -0.2) is 44.1 Å². The zero-order valence-corrected chi connectivity index (χ0v) is 20.2. The van der Waals surface area contributed by atoms with E-state index in [-0.39, 0.29) is 24.0 Å². The van der Waals surface area contributed by atoms with Gasteiger partial charge in [0, 0.05) is 33.1 Å². The molecule has 0 amide bonds. The lowest BCUT2D eigenvalue weighted by Crippen LogP contribution is -2.37. The Bertz CT molecular complexity index is 832. The van der Waals surface area contributed by atoms with Crippen molar-refractivity contribution in [3.05, 3.63) is 64.7 Å². The average Bonchev–Trinajstić information content (AvgIpc) is 3.43. The molecule has 0 radical (unpaired) electrons. The fourth-order valence-electron chi connectivity index (χ4n) is 4.09. The van der Waals surface area contributed by atoms with Gasteiger partial charge in [-0.15, -0.1) is 24.0 Å². The van der Waals surface area contributed by atoms with Crippen LogP contribution in [0.25, 0.3) is 0 Å². The first kappa shape index (κ1) is 22.9. The smallest absolute Gasteiger partial charge is 0.191 e. The SMILES string of the molecule is CN=C(NCCc1ccc2c(c1)CCO2)NCc1ccc(CN2CCCC2)cc1.I. The van der Waals surface area contributed by atoms with Crippen molar-refractivity contribution < 1.29 is 4.74 Å². The van der Waals surface area contributed by atoms with E-state index >= 15 is 0 Å². The Morgan fingerprint density at radius 2 is 1.73 bits per heavy atom. The monoisotopic (exact) mass is 520 g/mol. The molecule has 162 valence electrons. The molecule has 4 rings (SSSR count). The number of likely N-dealkylation sites (tertiary alicyclic amines) is 1. The first-order valence-electron chi connectivity index (χ1n) is 10.8. The van der Waals surface area contributed by atoms with Gasteiger partial charge in [-0.1, -0.05) is 36.4 Å². The van der Waals surface area contributed by atoms with Crippen LogP contribution in [0.5, 0.6) is 5.75 Å². The van der Waals surface area contributed by atoms with E-state index < -0.39 is 0 Å². The van der Waals surface area contributed by atoms with E-state index in [4.69, 9.17) is 4.74 Å². The topological polar surface area (TPSA) is 48.9 Å². The number of guanidine groups is 1. The van der Waals surface area contributed by atoms with Crippen LogP contribution in [0.1, 0.15) is 35.1 Å². The maximum atomic E-state index is 5.58. The predicted molar refractivity (Wildman–Crippen MR) is 134 cm³/mol. The quantitative estimate of drug-likeness (QED) is 0.332. The highest BCUT2D eigenvalue weighted by Gasteiger charge is 2.12. The number of hydrogen-bond donors (Lipinski definition) is 2. The summed E-state index contributed by atoms with van der Waals surface area (Å²) in [5, 5.41) is 6.83. The number of fused-ring (bicyclic) bond motifs is 1. The minimum Gasteiger partial charge on any atom is -0.493 e. The molecule has 2 N–H and O–H groups in total. The van der Waals surface area contributed by atoms with Gasteiger partial charge in [0.15, 0.2) is 5.96 Å². The third kappa shape index (κ3) is 6.35. The molecule has 0 saturated carbocycles. The van der Waals surface area contributed by atoms with E-state index in [0.29, 0.717) is 0 Å². The summed E-state index contributed by atoms with van der Waals surface area (Å²) in [5.74, 6) is 1.89. The van der Waals surface area contributed by atoms with Crippen LogP contribution in [-0.2, 0) is 25.9 Å². The van der Waals surface area contributed by atoms with E-state index in [2.05, 4.69) is 63.0 Å². The molecule has 30 heavy (non-hydrogen) atoms. The van der Waals surface area contributed by atoms with Crippen LogP contribution in [0.15, 0.2) is 47.5 Å². The molecular formula is C24H33IN4O. The Morgan fingerprint density at radius 1 is 1.00 bits per heavy atom. The molecule has 2 aromatic carbocycles. The van der Waals surface area contributed by atoms with Gasteiger partial charge in [-0.3, -0.25) is 9.89 Å². The van der Waals surface area contributed by atoms with E-state index in [9.17, 15) is 0 Å². The summed E-state index contributed by atoms with van der Waals surface area (Å²) in [6.45, 7) is 6.00. The molecule has 0 spiro atoms. The van der Waals surface area contributed by atoms with Gasteiger partial charge in [-0.05, 0) is 60.7 Å². The van der Waals surface area contributed by atoms with Gasteiger partial charge in [-0.25, -0.2) is 0 Å². The summed E-state index contributed by atoms with van der Waals surface area (Å²) < 4.78 is 5.58. The Morgan fingerprint density at radius 3 is 2.50 bits per heavy atom. The van der Waals surface area contributed by atoms with Crippen molar-refractivity contribution in [3.8, 4) is 5.75 Å². The minimum absolute atomic E-state index is 0. The highest BCUT2D eigenvalue weighted by Crippen LogP contribution is 2.25. The lowest BCUT2D eigenvalue weighted by Gasteiger charge is -2.15. The summed E-state index contributed by atoms with van der Waals surface area (Å²) in [6, 6.07) is 15.5. The van der Waals surface area contributed by atoms with Crippen LogP contribution in [0.2, 0.25) is 0 Å². The number of benzene rings is 2. The summed E-state index contributed by atoms with van der Waals surface area (Å²) in [7, 11) is 1.82. The zero-order valence-electron chi connectivity index (χ0n) is 17.8. The van der Waals surface area contributed by atoms with Gasteiger partial charge in [0.2, 0.25) is 0 Å². The Kier molecular flexibility index (Phi) is 8.81. The fourth-order valence-corrected chi connectivity index (χ4v) is 4.09. The van der Waals surface area contributed by atoms with Crippen molar-refractivity contribution in [2.24, 2.45) is 4.99 Å². The molecule has 0 aromatic heterocycles. The van der Waals surface area contributed by atoms with E-state index in [1.54, 1.807) is 0 Å². The number of hydrogen-bond acceptors (Lipinski definition) is 3. The first-order valence-corrected chi connectivity index (χ1v) is 10.8. The number of aliphatic imine (C=N–C) groups is 1. The van der Waals surface area contributed by atoms with Crippen LogP contribution < -0.4 is 15.4 Å². The fraction of sp³-hybridized carbons (Fsp3) is 0.458. The molecule has 2 aliphatic heterocycles. The van der Waals surface area contributed by atoms with Crippen LogP contribution in [0, 0.1) is 0 Å². The second-order valence-corrected chi connectivity index (χ2v) is 7.94. The molecule has 1 saturated heterocycles. The third-order valence-electron chi connectivity index (χ3n) is 5.77. The van der Waals surface area contributed by atoms with Gasteiger partial charge in [0.05, 0.1) is 6.61 Å². The standard InChI is InChI=1S/C24H32N4O.HI/c1-25-24(26-12-10-19-8-9-23-22(16-19)11-15-29-23)27-17-20-4-6-21(7-5-20)18-28-13-2-3-14-28;/h4-9,16H,2-3,10-15,17-18H2,1H3,(H2,25,26,27);1H. The Balaban J connectivity index is 0.00000256. The molecule has 5 nitrogen and oxygen atoms in total. The maximum absolute atomic E-state index is 5.58. The van der Waals surface area contributed by atoms with Crippen LogP contribution >= 0.6 is 24.0 Å². The average molecular weight is 520 g/mol. The highest BCUT2D eigenvalue weighted by molar-refractivity contribution is 14.0. The van der Waals surface area contributed by atoms with Crippen molar-refractivity contribution in [3.63, 3.8) is 0 Å². The number of halogens is 1. The Hall–Kier alpha value is -1.80. The van der Waals surface area contributed by atoms with E-state index in [1.807, 2.05) is 7.05 Å². The second kappa shape index (κ2) is 11.6. The normalized spacial score (nSPS) is 16.0. The van der Waals surface area contributed by atoms with Gasteiger partial charge >= 0.3 is 0 Å². The van der Waals surface area contributed by atoms with Crippen LogP contribution in [0.4, 0.5) is 0 Å². The third-order valence-corrected chi connectivity index (χ3v) is 5.77. The highest BCUT2D eigenvalue weighted by atomic mass is 127. The summed E-state index contributed by atoms with van der Waals surface area (Å²) in [6.07, 6.45) is 4.68. The summed E-state index contributed by atoms with van der Waals surface area (Å²) in [5.41, 5.74) is 5.35. The van der Waals surface area contributed by atoms with Crippen LogP contribution in [0.3, 0.4) is 0 Å². The van der Waals surface area contributed by atoms with E-state index in [0.717, 1.165) is 50.8 Å². The largest absolute Gasteiger partial charge is 0.493 e. The van der Waals surface area contributed by atoms with Gasteiger partial charge in [-0.2, -0.15) is 0 Å². The molecule has 6 heteroatoms. The van der Waals surface area contributed by atoms with E-state index in [1.165, 1.54) is 48.2 Å². The number of nitrogens with zero attached hydrogens (tertiary/aromatic N) is 2. The molecule has 2 heterocycles. The lowest BCUT2D eigenvalue weighted by atomic mass is 10.1.